The second-order valence-corrected chi connectivity index (χ2v) is 8.96. The van der Waals surface area contributed by atoms with Crippen LogP contribution >= 0.6 is 11.3 Å². The first-order valence-electron chi connectivity index (χ1n) is 10.8. The molecule has 170 valence electrons. The third kappa shape index (κ3) is 3.62. The van der Waals surface area contributed by atoms with Crippen LogP contribution in [-0.2, 0) is 9.59 Å². The van der Waals surface area contributed by atoms with Crippen LogP contribution in [0.1, 0.15) is 29.1 Å². The van der Waals surface area contributed by atoms with Crippen molar-refractivity contribution in [2.45, 2.75) is 19.9 Å². The highest BCUT2D eigenvalue weighted by Crippen LogP contribution is 2.44. The van der Waals surface area contributed by atoms with Gasteiger partial charge in [-0.05, 0) is 54.4 Å². The van der Waals surface area contributed by atoms with E-state index in [9.17, 15) is 14.7 Å². The number of ether oxygens (including phenoxy) is 1. The molecule has 0 bridgehead atoms. The van der Waals surface area contributed by atoms with Gasteiger partial charge in [-0.3, -0.25) is 14.5 Å². The summed E-state index contributed by atoms with van der Waals surface area (Å²) >= 11 is 1.22. The van der Waals surface area contributed by atoms with Gasteiger partial charge >= 0.3 is 5.91 Å². The summed E-state index contributed by atoms with van der Waals surface area (Å²) in [4.78, 5) is 27.9. The zero-order valence-corrected chi connectivity index (χ0v) is 19.4. The Hall–Kier alpha value is -4.04. The average molecular weight is 472 g/mol. The van der Waals surface area contributed by atoms with Crippen molar-refractivity contribution in [1.82, 2.24) is 10.2 Å². The van der Waals surface area contributed by atoms with Crippen LogP contribution in [0.25, 0.3) is 16.5 Å². The van der Waals surface area contributed by atoms with E-state index in [1.165, 1.54) is 16.2 Å². The monoisotopic (exact) mass is 471 g/mol. The fourth-order valence-corrected chi connectivity index (χ4v) is 4.94. The van der Waals surface area contributed by atoms with E-state index in [-0.39, 0.29) is 11.3 Å². The third-order valence-corrected chi connectivity index (χ3v) is 6.56. The maximum absolute atomic E-state index is 13.3. The average Bonchev–Trinajstić information content (AvgIpc) is 3.39. The summed E-state index contributed by atoms with van der Waals surface area (Å²) in [6, 6.07) is 19.4. The number of aromatic nitrogens is 2. The molecule has 1 atom stereocenters. The smallest absolute Gasteiger partial charge is 0.301 e. The predicted octanol–water partition coefficient (Wildman–Crippen LogP) is 5.02. The van der Waals surface area contributed by atoms with Crippen molar-refractivity contribution in [3.63, 3.8) is 0 Å². The van der Waals surface area contributed by atoms with Gasteiger partial charge in [0.1, 0.15) is 16.5 Å². The molecule has 5 rings (SSSR count). The summed E-state index contributed by atoms with van der Waals surface area (Å²) < 4.78 is 5.48. The van der Waals surface area contributed by atoms with Gasteiger partial charge in [0, 0.05) is 5.56 Å². The number of Topliss-reactive ketones (excluding diaryl/α,β-unsaturated/α-hetero) is 1. The highest BCUT2D eigenvalue weighted by Gasteiger charge is 2.48. The maximum Gasteiger partial charge on any atom is 0.301 e. The van der Waals surface area contributed by atoms with Gasteiger partial charge in [0.15, 0.2) is 0 Å². The predicted molar refractivity (Wildman–Crippen MR) is 131 cm³/mol. The van der Waals surface area contributed by atoms with E-state index >= 15 is 0 Å². The van der Waals surface area contributed by atoms with Gasteiger partial charge in [0.2, 0.25) is 5.13 Å². The lowest BCUT2D eigenvalue weighted by Crippen LogP contribution is -2.29. The molecule has 1 N–H and O–H groups in total. The zero-order chi connectivity index (χ0) is 23.8. The molecule has 1 aliphatic rings. The number of nitrogens with zero attached hydrogens (tertiary/aromatic N) is 3. The molecule has 4 aromatic rings. The molecular weight excluding hydrogens is 450 g/mol. The summed E-state index contributed by atoms with van der Waals surface area (Å²) in [6.07, 6.45) is 0. The number of hydrogen-bond donors (Lipinski definition) is 1. The number of rotatable bonds is 5. The molecule has 1 aromatic heterocycles. The first-order valence-corrected chi connectivity index (χ1v) is 11.6. The van der Waals surface area contributed by atoms with E-state index < -0.39 is 17.7 Å². The van der Waals surface area contributed by atoms with Gasteiger partial charge in [-0.15, -0.1) is 10.2 Å². The van der Waals surface area contributed by atoms with Crippen molar-refractivity contribution < 1.29 is 19.4 Å². The molecule has 0 saturated carbocycles. The van der Waals surface area contributed by atoms with E-state index in [1.807, 2.05) is 49.4 Å². The van der Waals surface area contributed by atoms with Crippen LogP contribution < -0.4 is 9.64 Å². The number of hydrogen-bond acceptors (Lipinski definition) is 7. The number of carbonyl (C=O) groups excluding carboxylic acids is 2. The Morgan fingerprint density at radius 1 is 1.03 bits per heavy atom. The highest BCUT2D eigenvalue weighted by atomic mass is 32.1. The normalized spacial score (nSPS) is 17.5. The molecule has 1 saturated heterocycles. The zero-order valence-electron chi connectivity index (χ0n) is 18.6. The summed E-state index contributed by atoms with van der Waals surface area (Å²) in [5.41, 5.74) is 1.15. The number of ketones is 1. The number of amides is 1. The third-order valence-electron chi connectivity index (χ3n) is 5.72. The first kappa shape index (κ1) is 21.8. The molecule has 34 heavy (non-hydrogen) atoms. The van der Waals surface area contributed by atoms with Gasteiger partial charge in [-0.1, -0.05) is 53.8 Å². The van der Waals surface area contributed by atoms with Crippen LogP contribution in [0.2, 0.25) is 0 Å². The van der Waals surface area contributed by atoms with E-state index in [1.54, 1.807) is 31.2 Å². The number of aryl methyl sites for hydroxylation is 1. The van der Waals surface area contributed by atoms with Crippen LogP contribution in [0.4, 0.5) is 5.13 Å². The first-order chi connectivity index (χ1) is 16.5. The van der Waals surface area contributed by atoms with Crippen LogP contribution in [0.3, 0.4) is 0 Å². The molecule has 8 heteroatoms. The molecular formula is C26H21N3O4S. The standard InChI is InChI=1S/C26H21N3O4S/c1-3-33-18-13-11-17(12-14-18)23(30)21-22(20-10-6-8-16-7-4-5-9-19(16)20)29(25(32)24(21)31)26-28-27-15(2)34-26/h4-14,22,30H,3H2,1-2H3/t22-/m0/s1. The van der Waals surface area contributed by atoms with Crippen molar-refractivity contribution in [1.29, 1.82) is 0 Å². The van der Waals surface area contributed by atoms with Gasteiger partial charge in [0.05, 0.1) is 18.2 Å². The summed E-state index contributed by atoms with van der Waals surface area (Å²) in [7, 11) is 0. The molecule has 0 radical (unpaired) electrons. The van der Waals surface area contributed by atoms with Crippen molar-refractivity contribution in [3.8, 4) is 5.75 Å². The Labute approximate surface area is 199 Å². The van der Waals surface area contributed by atoms with Gasteiger partial charge < -0.3 is 9.84 Å². The van der Waals surface area contributed by atoms with Gasteiger partial charge in [-0.25, -0.2) is 0 Å². The molecule has 7 nitrogen and oxygen atoms in total. The second kappa shape index (κ2) is 8.72. The number of carbonyl (C=O) groups is 2. The van der Waals surface area contributed by atoms with Crippen LogP contribution in [-0.4, -0.2) is 33.6 Å². The van der Waals surface area contributed by atoms with Crippen LogP contribution in [0.15, 0.2) is 72.3 Å². The molecule has 2 heterocycles. The Morgan fingerprint density at radius 3 is 2.47 bits per heavy atom. The largest absolute Gasteiger partial charge is 0.507 e. The van der Waals surface area contributed by atoms with Crippen LogP contribution in [0, 0.1) is 6.92 Å². The Morgan fingerprint density at radius 2 is 1.76 bits per heavy atom. The number of benzene rings is 3. The molecule has 0 spiro atoms. The SMILES string of the molecule is CCOc1ccc(C(O)=C2C(=O)C(=O)N(c3nnc(C)s3)[C@H]2c2cccc3ccccc23)cc1. The fraction of sp³-hybridized carbons (Fsp3) is 0.154. The Kier molecular flexibility index (Phi) is 5.59. The van der Waals surface area contributed by atoms with Gasteiger partial charge in [0.25, 0.3) is 5.78 Å². The Bertz CT molecular complexity index is 1440. The molecule has 3 aromatic carbocycles. The number of aliphatic hydroxyl groups is 1. The van der Waals surface area contributed by atoms with Crippen molar-refractivity contribution in [2.75, 3.05) is 11.5 Å². The van der Waals surface area contributed by atoms with E-state index in [0.29, 0.717) is 28.1 Å². The molecule has 1 fully saturated rings. The number of anilines is 1. The molecule has 1 amide bonds. The lowest BCUT2D eigenvalue weighted by Gasteiger charge is -2.24. The van der Waals surface area contributed by atoms with Crippen molar-refractivity contribution in [2.24, 2.45) is 0 Å². The lowest BCUT2D eigenvalue weighted by molar-refractivity contribution is -0.132. The molecule has 0 aliphatic carbocycles. The van der Waals surface area contributed by atoms with Crippen LogP contribution in [0.5, 0.6) is 5.75 Å². The topological polar surface area (TPSA) is 92.6 Å². The van der Waals surface area contributed by atoms with E-state index in [2.05, 4.69) is 10.2 Å². The van der Waals surface area contributed by atoms with Gasteiger partial charge in [-0.2, -0.15) is 0 Å². The minimum Gasteiger partial charge on any atom is -0.507 e. The van der Waals surface area contributed by atoms with E-state index in [0.717, 1.165) is 16.3 Å². The number of fused-ring (bicyclic) bond motifs is 1. The lowest BCUT2D eigenvalue weighted by atomic mass is 9.92. The summed E-state index contributed by atoms with van der Waals surface area (Å²) in [5.74, 6) is -1.11. The Balaban J connectivity index is 1.74. The fourth-order valence-electron chi connectivity index (χ4n) is 4.23. The quantitative estimate of drug-likeness (QED) is 0.249. The minimum atomic E-state index is -0.856. The van der Waals surface area contributed by atoms with E-state index in [4.69, 9.17) is 4.74 Å². The van der Waals surface area contributed by atoms with Crippen molar-refractivity contribution >= 4 is 44.7 Å². The summed E-state index contributed by atoms with van der Waals surface area (Å²) in [5, 5.41) is 22.3. The molecule has 0 unspecified atom stereocenters. The van der Waals surface area contributed by atoms with Crippen molar-refractivity contribution in [3.05, 3.63) is 88.4 Å². The summed E-state index contributed by atoms with van der Waals surface area (Å²) in [6.45, 7) is 4.18. The highest BCUT2D eigenvalue weighted by molar-refractivity contribution is 7.15. The second-order valence-electron chi connectivity index (χ2n) is 7.80. The minimum absolute atomic E-state index is 0.0124. The maximum atomic E-state index is 13.3. The number of aliphatic hydroxyl groups excluding tert-OH is 1. The molecule has 1 aliphatic heterocycles.